The maximum Gasteiger partial charge on any atom is 0.323 e. The maximum atomic E-state index is 11.5. The second-order valence-electron chi connectivity index (χ2n) is 3.86. The molecule has 4 N–H and O–H groups in total. The van der Waals surface area contributed by atoms with Crippen molar-refractivity contribution in [2.75, 3.05) is 0 Å². The Morgan fingerprint density at radius 2 is 1.81 bits per heavy atom. The summed E-state index contributed by atoms with van der Waals surface area (Å²) in [7, 11) is 0. The monoisotopic (exact) mass is 234 g/mol. The van der Waals surface area contributed by atoms with Gasteiger partial charge in [-0.15, -0.1) is 0 Å². The zero-order valence-electron chi connectivity index (χ0n) is 9.97. The highest BCUT2D eigenvalue weighted by atomic mass is 16.6. The minimum absolute atomic E-state index is 0.284. The molecule has 7 heteroatoms. The van der Waals surface area contributed by atoms with Crippen LogP contribution in [0.25, 0.3) is 0 Å². The molecule has 0 aliphatic rings. The van der Waals surface area contributed by atoms with Gasteiger partial charge in [0.05, 0.1) is 0 Å². The lowest BCUT2D eigenvalue weighted by Crippen LogP contribution is -2.48. The zero-order valence-corrected chi connectivity index (χ0v) is 8.97. The number of carbonyl (C=O) groups is 3. The summed E-state index contributed by atoms with van der Waals surface area (Å²) in [4.78, 5) is 32.8. The molecule has 0 aromatic rings. The van der Waals surface area contributed by atoms with Crippen LogP contribution in [0.3, 0.4) is 0 Å². The number of hydrogen-bond donors (Lipinski definition) is 3. The van der Waals surface area contributed by atoms with E-state index in [0.29, 0.717) is 0 Å². The van der Waals surface area contributed by atoms with E-state index >= 15 is 0 Å². The predicted octanol–water partition coefficient (Wildman–Crippen LogP) is -0.559. The number of ether oxygens (including phenoxy) is 1. The standard InChI is InChI=1S/C9H15NO6/c1-9(2,3)16-8(15)4(6(11)12)5(10)7(13)14/h4-5H,10H2,1-3H3,(H,11,12)(H,13,14)/t4?,5-/m0/s1/i1D. The van der Waals surface area contributed by atoms with Gasteiger partial charge in [0.25, 0.3) is 0 Å². The first-order valence-electron chi connectivity index (χ1n) is 5.06. The van der Waals surface area contributed by atoms with E-state index < -0.39 is 35.5 Å². The van der Waals surface area contributed by atoms with Crippen molar-refractivity contribution in [2.45, 2.75) is 32.4 Å². The van der Waals surface area contributed by atoms with Gasteiger partial charge in [0.1, 0.15) is 11.6 Å². The molecular weight excluding hydrogens is 218 g/mol. The van der Waals surface area contributed by atoms with Crippen LogP contribution in [0.1, 0.15) is 22.1 Å². The number of rotatable bonds is 4. The highest BCUT2D eigenvalue weighted by Gasteiger charge is 2.39. The third-order valence-corrected chi connectivity index (χ3v) is 1.54. The molecular formula is C9H15NO6. The van der Waals surface area contributed by atoms with Gasteiger partial charge in [-0.25, -0.2) is 0 Å². The number of esters is 1. The lowest BCUT2D eigenvalue weighted by Gasteiger charge is -2.23. The minimum Gasteiger partial charge on any atom is -0.481 e. The Morgan fingerprint density at radius 1 is 1.31 bits per heavy atom. The van der Waals surface area contributed by atoms with Crippen LogP contribution in [0.4, 0.5) is 0 Å². The molecule has 7 nitrogen and oxygen atoms in total. The first-order valence-corrected chi connectivity index (χ1v) is 4.35. The van der Waals surface area contributed by atoms with Crippen molar-refractivity contribution in [3.8, 4) is 0 Å². The van der Waals surface area contributed by atoms with Crippen LogP contribution >= 0.6 is 0 Å². The summed E-state index contributed by atoms with van der Waals surface area (Å²) in [6.07, 6.45) is 0. The summed E-state index contributed by atoms with van der Waals surface area (Å²) in [5.41, 5.74) is 3.90. The summed E-state index contributed by atoms with van der Waals surface area (Å²) in [6, 6.07) is -1.89. The quantitative estimate of drug-likeness (QED) is 0.439. The van der Waals surface area contributed by atoms with E-state index in [1.165, 1.54) is 13.8 Å². The normalized spacial score (nSPS) is 15.8. The molecule has 92 valence electrons. The van der Waals surface area contributed by atoms with Crippen molar-refractivity contribution >= 4 is 17.9 Å². The molecule has 0 aliphatic heterocycles. The molecule has 0 saturated carbocycles. The molecule has 0 bridgehead atoms. The average molecular weight is 234 g/mol. The van der Waals surface area contributed by atoms with E-state index in [2.05, 4.69) is 0 Å². The second-order valence-corrected chi connectivity index (χ2v) is 3.86. The Hall–Kier alpha value is -1.63. The second kappa shape index (κ2) is 4.93. The van der Waals surface area contributed by atoms with Gasteiger partial charge in [-0.1, -0.05) is 0 Å². The van der Waals surface area contributed by atoms with Crippen LogP contribution < -0.4 is 5.73 Å². The number of nitrogens with two attached hydrogens (primary N) is 1. The Morgan fingerprint density at radius 3 is 2.12 bits per heavy atom. The minimum atomic E-state index is -1.99. The largest absolute Gasteiger partial charge is 0.481 e. The molecule has 1 unspecified atom stereocenters. The number of carbonyl (C=O) groups excluding carboxylic acids is 1. The molecule has 0 spiro atoms. The Kier molecular flexibility index (Phi) is 3.83. The lowest BCUT2D eigenvalue weighted by molar-refractivity contribution is -0.170. The highest BCUT2D eigenvalue weighted by molar-refractivity contribution is 5.99. The molecule has 0 aromatic carbocycles. The van der Waals surface area contributed by atoms with Crippen molar-refractivity contribution in [1.82, 2.24) is 0 Å². The van der Waals surface area contributed by atoms with Gasteiger partial charge in [-0.2, -0.15) is 0 Å². The van der Waals surface area contributed by atoms with Crippen molar-refractivity contribution in [3.05, 3.63) is 0 Å². The molecule has 2 atom stereocenters. The number of carboxylic acid groups (broad SMARTS) is 2. The lowest BCUT2D eigenvalue weighted by atomic mass is 10.0. The third-order valence-electron chi connectivity index (χ3n) is 1.54. The van der Waals surface area contributed by atoms with E-state index in [1.807, 2.05) is 0 Å². The molecule has 0 radical (unpaired) electrons. The van der Waals surface area contributed by atoms with Gasteiger partial charge in [-0.3, -0.25) is 14.4 Å². The first kappa shape index (κ1) is 12.4. The summed E-state index contributed by atoms with van der Waals surface area (Å²) in [5.74, 6) is -6.54. The van der Waals surface area contributed by atoms with E-state index in [4.69, 9.17) is 22.1 Å². The summed E-state index contributed by atoms with van der Waals surface area (Å²) >= 11 is 0. The fraction of sp³-hybridized carbons (Fsp3) is 0.667. The molecule has 16 heavy (non-hydrogen) atoms. The van der Waals surface area contributed by atoms with Crippen LogP contribution in [0, 0.1) is 5.92 Å². The Labute approximate surface area is 93.6 Å². The van der Waals surface area contributed by atoms with Gasteiger partial charge in [-0.05, 0) is 20.7 Å². The SMILES string of the molecule is [2H]CC(C)(C)OC(=O)C(C(=O)O)[C@H](N)C(=O)O. The molecule has 0 aliphatic carbocycles. The van der Waals surface area contributed by atoms with Gasteiger partial charge in [0.15, 0.2) is 5.92 Å². The van der Waals surface area contributed by atoms with Gasteiger partial charge in [0.2, 0.25) is 0 Å². The predicted molar refractivity (Wildman–Crippen MR) is 52.6 cm³/mol. The number of aliphatic carboxylic acids is 2. The molecule has 0 aromatic heterocycles. The molecule has 0 saturated heterocycles. The maximum absolute atomic E-state index is 11.5. The summed E-state index contributed by atoms with van der Waals surface area (Å²) in [5, 5.41) is 17.3. The van der Waals surface area contributed by atoms with Crippen molar-refractivity contribution in [1.29, 1.82) is 0 Å². The fourth-order valence-electron chi connectivity index (χ4n) is 0.879. The van der Waals surface area contributed by atoms with Gasteiger partial charge in [0, 0.05) is 1.37 Å². The Bertz CT molecular complexity index is 329. The fourth-order valence-corrected chi connectivity index (χ4v) is 0.879. The van der Waals surface area contributed by atoms with Crippen LogP contribution in [0.15, 0.2) is 0 Å². The Balaban J connectivity index is 4.92. The number of hydrogen-bond acceptors (Lipinski definition) is 5. The van der Waals surface area contributed by atoms with E-state index in [-0.39, 0.29) is 6.90 Å². The number of carboxylic acids is 2. The molecule has 0 amide bonds. The topological polar surface area (TPSA) is 127 Å². The summed E-state index contributed by atoms with van der Waals surface area (Å²) in [6.45, 7) is 2.53. The van der Waals surface area contributed by atoms with E-state index in [0.717, 1.165) is 0 Å². The summed E-state index contributed by atoms with van der Waals surface area (Å²) < 4.78 is 11.8. The zero-order chi connectivity index (χ0) is 13.8. The van der Waals surface area contributed by atoms with Crippen LogP contribution in [-0.2, 0) is 19.1 Å². The van der Waals surface area contributed by atoms with Crippen molar-refractivity contribution in [2.24, 2.45) is 11.7 Å². The van der Waals surface area contributed by atoms with Gasteiger partial charge >= 0.3 is 17.9 Å². The van der Waals surface area contributed by atoms with E-state index in [1.54, 1.807) is 0 Å². The third kappa shape index (κ3) is 4.26. The molecule has 0 heterocycles. The molecule has 0 fully saturated rings. The first-order chi connectivity index (χ1) is 7.62. The van der Waals surface area contributed by atoms with E-state index in [9.17, 15) is 14.4 Å². The van der Waals surface area contributed by atoms with Crippen LogP contribution in [0.5, 0.6) is 0 Å². The smallest absolute Gasteiger partial charge is 0.323 e. The average Bonchev–Trinajstić information content (AvgIpc) is 2.16. The van der Waals surface area contributed by atoms with Gasteiger partial charge < -0.3 is 20.7 Å². The van der Waals surface area contributed by atoms with Crippen LogP contribution in [0.2, 0.25) is 0 Å². The highest BCUT2D eigenvalue weighted by Crippen LogP contribution is 2.13. The van der Waals surface area contributed by atoms with Crippen molar-refractivity contribution in [3.63, 3.8) is 0 Å². The van der Waals surface area contributed by atoms with Crippen LogP contribution in [-0.4, -0.2) is 39.8 Å². The molecule has 0 rings (SSSR count). The van der Waals surface area contributed by atoms with Crippen molar-refractivity contribution < 1.29 is 30.7 Å².